The molecular weight excluding hydrogens is 278 g/mol. The zero-order valence-corrected chi connectivity index (χ0v) is 11.8. The largest absolute Gasteiger partial charge is 0.744 e. The Morgan fingerprint density at radius 3 is 2.30 bits per heavy atom. The Bertz CT molecular complexity index is 782. The summed E-state index contributed by atoms with van der Waals surface area (Å²) in [7, 11) is -2.92. The van der Waals surface area contributed by atoms with Crippen molar-refractivity contribution < 1.29 is 22.3 Å². The number of nitrogens with zero attached hydrogens (tertiary/aromatic N) is 1. The second-order valence-electron chi connectivity index (χ2n) is 4.39. The van der Waals surface area contributed by atoms with Gasteiger partial charge in [0.05, 0.1) is 10.5 Å². The summed E-state index contributed by atoms with van der Waals surface area (Å²) in [4.78, 5) is 11.4. The van der Waals surface area contributed by atoms with E-state index in [1.165, 1.54) is 25.1 Å². The van der Waals surface area contributed by atoms with Crippen molar-refractivity contribution in [3.63, 3.8) is 0 Å². The number of hydrogen-bond acceptors (Lipinski definition) is 4. The number of aromatic nitrogens is 1. The Hall–Kier alpha value is -2.05. The predicted molar refractivity (Wildman–Crippen MR) is 71.0 cm³/mol. The van der Waals surface area contributed by atoms with Gasteiger partial charge in [0.1, 0.15) is 17.2 Å². The molecule has 1 aromatic carbocycles. The molecule has 6 heteroatoms. The smallest absolute Gasteiger partial charge is 0.256 e. The van der Waals surface area contributed by atoms with Crippen molar-refractivity contribution in [2.45, 2.75) is 11.8 Å². The normalized spacial score (nSPS) is 11.3. The molecule has 0 aliphatic heterocycles. The summed E-state index contributed by atoms with van der Waals surface area (Å²) < 4.78 is 35.6. The van der Waals surface area contributed by atoms with Gasteiger partial charge in [0.15, 0.2) is 6.20 Å². The lowest BCUT2D eigenvalue weighted by molar-refractivity contribution is -0.672. The number of ketones is 1. The highest BCUT2D eigenvalue weighted by Crippen LogP contribution is 2.28. The molecule has 2 rings (SSSR count). The van der Waals surface area contributed by atoms with Crippen molar-refractivity contribution in [3.8, 4) is 11.1 Å². The van der Waals surface area contributed by atoms with Gasteiger partial charge in [-0.1, -0.05) is 18.2 Å². The maximum atomic E-state index is 11.8. The first kappa shape index (κ1) is 14.4. The van der Waals surface area contributed by atoms with E-state index in [9.17, 15) is 17.8 Å². The number of hydrogen-bond donors (Lipinski definition) is 0. The van der Waals surface area contributed by atoms with Gasteiger partial charge in [-0.15, -0.1) is 0 Å². The highest BCUT2D eigenvalue weighted by Gasteiger charge is 2.22. The van der Waals surface area contributed by atoms with Crippen molar-refractivity contribution in [1.82, 2.24) is 0 Å². The molecule has 0 amide bonds. The van der Waals surface area contributed by atoms with Crippen molar-refractivity contribution in [1.29, 1.82) is 0 Å². The van der Waals surface area contributed by atoms with Crippen molar-refractivity contribution in [2.24, 2.45) is 7.05 Å². The van der Waals surface area contributed by atoms with Crippen LogP contribution in [0.3, 0.4) is 0 Å². The first-order chi connectivity index (χ1) is 9.32. The summed E-state index contributed by atoms with van der Waals surface area (Å²) in [6, 6.07) is 9.18. The van der Waals surface area contributed by atoms with E-state index in [2.05, 4.69) is 0 Å². The van der Waals surface area contributed by atoms with Crippen LogP contribution in [0, 0.1) is 0 Å². The lowest BCUT2D eigenvalue weighted by Gasteiger charge is -2.13. The predicted octanol–water partition coefficient (Wildman–Crippen LogP) is 1.28. The maximum absolute atomic E-state index is 11.8. The van der Waals surface area contributed by atoms with Gasteiger partial charge >= 0.3 is 0 Å². The van der Waals surface area contributed by atoms with E-state index < -0.39 is 10.1 Å². The number of Topliss-reactive ketones (excluding diaryl/α,β-unsaturated/α-hetero) is 1. The topological polar surface area (TPSA) is 78.1 Å². The van der Waals surface area contributed by atoms with Gasteiger partial charge in [-0.25, -0.2) is 8.42 Å². The monoisotopic (exact) mass is 291 g/mol. The van der Waals surface area contributed by atoms with Crippen LogP contribution in [0.2, 0.25) is 0 Å². The Balaban J connectivity index is 2.84. The molecule has 0 saturated heterocycles. The van der Waals surface area contributed by atoms with E-state index >= 15 is 0 Å². The Morgan fingerprint density at radius 1 is 1.10 bits per heavy atom. The zero-order valence-electron chi connectivity index (χ0n) is 11.0. The molecule has 0 N–H and O–H groups in total. The lowest BCUT2D eigenvalue weighted by atomic mass is 10.0. The van der Waals surface area contributed by atoms with Gasteiger partial charge in [0, 0.05) is 18.6 Å². The first-order valence-corrected chi connectivity index (χ1v) is 7.28. The molecule has 0 bridgehead atoms. The molecule has 0 unspecified atom stereocenters. The highest BCUT2D eigenvalue weighted by atomic mass is 32.2. The molecule has 0 spiro atoms. The minimum Gasteiger partial charge on any atom is -0.744 e. The lowest BCUT2D eigenvalue weighted by Crippen LogP contribution is -2.35. The minimum absolute atomic E-state index is 0.207. The van der Waals surface area contributed by atoms with E-state index in [-0.39, 0.29) is 16.2 Å². The summed E-state index contributed by atoms with van der Waals surface area (Å²) in [6.45, 7) is 1.40. The minimum atomic E-state index is -4.61. The van der Waals surface area contributed by atoms with Crippen LogP contribution in [0.15, 0.2) is 47.5 Å². The fraction of sp³-hybridized carbons (Fsp3) is 0.143. The van der Waals surface area contributed by atoms with Crippen molar-refractivity contribution >= 4 is 15.9 Å². The van der Waals surface area contributed by atoms with Crippen LogP contribution < -0.4 is 4.57 Å². The van der Waals surface area contributed by atoms with Crippen LogP contribution in [-0.4, -0.2) is 18.8 Å². The number of carbonyl (C=O) groups excluding carboxylic acids is 1. The third-order valence-corrected chi connectivity index (χ3v) is 3.86. The van der Waals surface area contributed by atoms with Gasteiger partial charge in [-0.3, -0.25) is 4.79 Å². The second kappa shape index (κ2) is 5.15. The van der Waals surface area contributed by atoms with Crippen molar-refractivity contribution in [3.05, 3.63) is 48.3 Å². The van der Waals surface area contributed by atoms with Gasteiger partial charge in [-0.05, 0) is 12.1 Å². The maximum Gasteiger partial charge on any atom is 0.256 e. The quantitative estimate of drug-likeness (QED) is 0.485. The summed E-state index contributed by atoms with van der Waals surface area (Å²) in [5.41, 5.74) is 1.02. The molecule has 0 aliphatic carbocycles. The molecule has 0 atom stereocenters. The van der Waals surface area contributed by atoms with E-state index in [1.54, 1.807) is 36.0 Å². The zero-order chi connectivity index (χ0) is 14.9. The average Bonchev–Trinajstić information content (AvgIpc) is 2.37. The molecule has 20 heavy (non-hydrogen) atoms. The molecule has 0 fully saturated rings. The molecule has 0 aliphatic rings. The number of rotatable bonds is 3. The third kappa shape index (κ3) is 2.61. The SMILES string of the molecule is CC(=O)c1c(-c2ccccc2S(=O)(=O)[O-])ccc[n+]1C. The average molecular weight is 291 g/mol. The molecule has 2 aromatic rings. The number of benzene rings is 1. The van der Waals surface area contributed by atoms with Gasteiger partial charge in [0.25, 0.3) is 5.69 Å². The molecular formula is C14H13NO4S. The summed E-state index contributed by atoms with van der Waals surface area (Å²) in [5.74, 6) is -0.207. The summed E-state index contributed by atoms with van der Waals surface area (Å²) in [5, 5.41) is 0. The van der Waals surface area contributed by atoms with Gasteiger partial charge in [-0.2, -0.15) is 4.57 Å². The Morgan fingerprint density at radius 2 is 1.70 bits per heavy atom. The Kier molecular flexibility index (Phi) is 3.69. The van der Waals surface area contributed by atoms with E-state index in [0.717, 1.165) is 0 Å². The number of pyridine rings is 1. The molecule has 0 saturated carbocycles. The second-order valence-corrected chi connectivity index (χ2v) is 5.74. The number of aryl methyl sites for hydroxylation is 1. The fourth-order valence-electron chi connectivity index (χ4n) is 2.17. The number of carbonyl (C=O) groups is 1. The van der Waals surface area contributed by atoms with Crippen LogP contribution >= 0.6 is 0 Å². The molecule has 1 heterocycles. The van der Waals surface area contributed by atoms with Crippen molar-refractivity contribution in [2.75, 3.05) is 0 Å². The summed E-state index contributed by atoms with van der Waals surface area (Å²) in [6.07, 6.45) is 1.69. The van der Waals surface area contributed by atoms with E-state index in [1.807, 2.05) is 0 Å². The van der Waals surface area contributed by atoms with E-state index in [0.29, 0.717) is 11.3 Å². The fourth-order valence-corrected chi connectivity index (χ4v) is 2.87. The van der Waals surface area contributed by atoms with Crippen LogP contribution in [0.25, 0.3) is 11.1 Å². The van der Waals surface area contributed by atoms with Crippen LogP contribution in [-0.2, 0) is 17.2 Å². The van der Waals surface area contributed by atoms with E-state index in [4.69, 9.17) is 0 Å². The van der Waals surface area contributed by atoms with Crippen LogP contribution in [0.4, 0.5) is 0 Å². The molecule has 5 nitrogen and oxygen atoms in total. The van der Waals surface area contributed by atoms with Gasteiger partial charge < -0.3 is 4.55 Å². The standard InChI is InChI=1S/C14H13NO4S/c1-10(16)14-12(7-5-9-15(14)2)11-6-3-4-8-13(11)20(17,18)19/h3-9H,1-2H3. The molecule has 0 radical (unpaired) electrons. The molecule has 104 valence electrons. The summed E-state index contributed by atoms with van der Waals surface area (Å²) >= 11 is 0. The van der Waals surface area contributed by atoms with Crippen LogP contribution in [0.5, 0.6) is 0 Å². The van der Waals surface area contributed by atoms with Crippen LogP contribution in [0.1, 0.15) is 17.4 Å². The molecule has 1 aromatic heterocycles. The third-order valence-electron chi connectivity index (χ3n) is 2.96. The highest BCUT2D eigenvalue weighted by molar-refractivity contribution is 7.85. The van der Waals surface area contributed by atoms with Gasteiger partial charge in [0.2, 0.25) is 5.78 Å². The first-order valence-electron chi connectivity index (χ1n) is 5.87. The Labute approximate surface area is 117 Å².